The zero-order chi connectivity index (χ0) is 16.8. The highest BCUT2D eigenvalue weighted by molar-refractivity contribution is 5.81. The molecule has 0 bridgehead atoms. The van der Waals surface area contributed by atoms with Gasteiger partial charge in [-0.15, -0.1) is 0 Å². The van der Waals surface area contributed by atoms with E-state index in [1.807, 2.05) is 60.4 Å². The van der Waals surface area contributed by atoms with Gasteiger partial charge in [0, 0.05) is 32.4 Å². The van der Waals surface area contributed by atoms with Crippen molar-refractivity contribution in [1.29, 1.82) is 0 Å². The molecule has 3 rings (SSSR count). The van der Waals surface area contributed by atoms with Crippen LogP contribution in [-0.2, 0) is 4.79 Å². The first-order valence-corrected chi connectivity index (χ1v) is 8.44. The van der Waals surface area contributed by atoms with Crippen molar-refractivity contribution in [2.75, 3.05) is 31.1 Å². The molecule has 0 aliphatic carbocycles. The van der Waals surface area contributed by atoms with E-state index in [0.29, 0.717) is 19.5 Å². The molecule has 5 heteroatoms. The number of pyridine rings is 1. The Balaban J connectivity index is 1.57. The summed E-state index contributed by atoms with van der Waals surface area (Å²) in [6, 6.07) is 15.4. The molecule has 0 unspecified atom stereocenters. The van der Waals surface area contributed by atoms with Gasteiger partial charge in [-0.3, -0.25) is 4.79 Å². The first kappa shape index (κ1) is 16.3. The fraction of sp³-hybridized carbons (Fsp3) is 0.368. The first-order chi connectivity index (χ1) is 11.8. The van der Waals surface area contributed by atoms with Crippen molar-refractivity contribution in [1.82, 2.24) is 9.88 Å². The number of ether oxygens (including phenoxy) is 1. The quantitative estimate of drug-likeness (QED) is 0.848. The molecule has 1 aliphatic heterocycles. The van der Waals surface area contributed by atoms with Crippen LogP contribution >= 0.6 is 0 Å². The van der Waals surface area contributed by atoms with Crippen molar-refractivity contribution in [3.05, 3.63) is 54.7 Å². The standard InChI is InChI=1S/C19H23N3O2/c1-2-17(24-16-8-4-3-5-9-16)19(23)22-14-12-21(13-15-22)18-10-6-7-11-20-18/h3-11,17H,2,12-15H2,1H3/t17-/m1/s1. The van der Waals surface area contributed by atoms with Gasteiger partial charge in [0.05, 0.1) is 0 Å². The second-order valence-corrected chi connectivity index (χ2v) is 5.83. The molecule has 2 heterocycles. The van der Waals surface area contributed by atoms with Gasteiger partial charge in [0.2, 0.25) is 0 Å². The number of aromatic nitrogens is 1. The Hall–Kier alpha value is -2.56. The molecule has 2 aromatic rings. The SMILES string of the molecule is CC[C@@H](Oc1ccccc1)C(=O)N1CCN(c2ccccn2)CC1. The van der Waals surface area contributed by atoms with Crippen LogP contribution in [0, 0.1) is 0 Å². The number of para-hydroxylation sites is 1. The maximum absolute atomic E-state index is 12.7. The predicted octanol–water partition coefficient (Wildman–Crippen LogP) is 2.59. The maximum atomic E-state index is 12.7. The van der Waals surface area contributed by atoms with Crippen LogP contribution in [0.15, 0.2) is 54.7 Å². The molecule has 1 atom stereocenters. The zero-order valence-corrected chi connectivity index (χ0v) is 14.0. The highest BCUT2D eigenvalue weighted by atomic mass is 16.5. The first-order valence-electron chi connectivity index (χ1n) is 8.44. The molecule has 0 radical (unpaired) electrons. The van der Waals surface area contributed by atoms with E-state index in [9.17, 15) is 4.79 Å². The summed E-state index contributed by atoms with van der Waals surface area (Å²) in [6.45, 7) is 4.97. The second kappa shape index (κ2) is 7.81. The Bertz CT molecular complexity index is 640. The van der Waals surface area contributed by atoms with E-state index in [4.69, 9.17) is 4.74 Å². The lowest BCUT2D eigenvalue weighted by molar-refractivity contribution is -0.139. The lowest BCUT2D eigenvalue weighted by atomic mass is 10.2. The summed E-state index contributed by atoms with van der Waals surface area (Å²) in [5, 5.41) is 0. The third-order valence-corrected chi connectivity index (χ3v) is 4.23. The third-order valence-electron chi connectivity index (χ3n) is 4.23. The van der Waals surface area contributed by atoms with Crippen LogP contribution in [0.2, 0.25) is 0 Å². The molecule has 0 N–H and O–H groups in total. The number of nitrogens with zero attached hydrogens (tertiary/aromatic N) is 3. The molecule has 1 aromatic carbocycles. The molecule has 24 heavy (non-hydrogen) atoms. The summed E-state index contributed by atoms with van der Waals surface area (Å²) in [4.78, 5) is 21.2. The normalized spacial score (nSPS) is 15.9. The Morgan fingerprint density at radius 1 is 1.08 bits per heavy atom. The second-order valence-electron chi connectivity index (χ2n) is 5.83. The summed E-state index contributed by atoms with van der Waals surface area (Å²) < 4.78 is 5.87. The van der Waals surface area contributed by atoms with Crippen LogP contribution < -0.4 is 9.64 Å². The molecular weight excluding hydrogens is 302 g/mol. The molecule has 1 fully saturated rings. The Morgan fingerprint density at radius 3 is 2.42 bits per heavy atom. The highest BCUT2D eigenvalue weighted by Crippen LogP contribution is 2.17. The van der Waals surface area contributed by atoms with E-state index < -0.39 is 6.10 Å². The summed E-state index contributed by atoms with van der Waals surface area (Å²) in [7, 11) is 0. The average molecular weight is 325 g/mol. The fourth-order valence-electron chi connectivity index (χ4n) is 2.87. The Kier molecular flexibility index (Phi) is 5.31. The third kappa shape index (κ3) is 3.85. The van der Waals surface area contributed by atoms with Gasteiger partial charge in [0.25, 0.3) is 5.91 Å². The average Bonchev–Trinajstić information content (AvgIpc) is 2.67. The number of carbonyl (C=O) groups excluding carboxylic acids is 1. The lowest BCUT2D eigenvalue weighted by Crippen LogP contribution is -2.52. The van der Waals surface area contributed by atoms with E-state index in [1.165, 1.54) is 0 Å². The van der Waals surface area contributed by atoms with Crippen LogP contribution in [0.25, 0.3) is 0 Å². The number of benzene rings is 1. The van der Waals surface area contributed by atoms with Gasteiger partial charge in [0.15, 0.2) is 6.10 Å². The molecule has 5 nitrogen and oxygen atoms in total. The summed E-state index contributed by atoms with van der Waals surface area (Å²) in [6.07, 6.45) is 2.04. The van der Waals surface area contributed by atoms with Gasteiger partial charge in [-0.2, -0.15) is 0 Å². The topological polar surface area (TPSA) is 45.7 Å². The highest BCUT2D eigenvalue weighted by Gasteiger charge is 2.28. The molecule has 1 amide bonds. The lowest BCUT2D eigenvalue weighted by Gasteiger charge is -2.36. The Morgan fingerprint density at radius 2 is 1.79 bits per heavy atom. The minimum Gasteiger partial charge on any atom is -0.481 e. The number of carbonyl (C=O) groups is 1. The molecule has 0 saturated carbocycles. The minimum atomic E-state index is -0.422. The molecule has 126 valence electrons. The van der Waals surface area contributed by atoms with Crippen molar-refractivity contribution in [2.24, 2.45) is 0 Å². The van der Waals surface area contributed by atoms with E-state index >= 15 is 0 Å². The predicted molar refractivity (Wildman–Crippen MR) is 94.2 cm³/mol. The number of amides is 1. The Labute approximate surface area is 142 Å². The van der Waals surface area contributed by atoms with E-state index in [-0.39, 0.29) is 5.91 Å². The number of hydrogen-bond donors (Lipinski definition) is 0. The van der Waals surface area contributed by atoms with Gasteiger partial charge < -0.3 is 14.5 Å². The van der Waals surface area contributed by atoms with Gasteiger partial charge in [0.1, 0.15) is 11.6 Å². The number of hydrogen-bond acceptors (Lipinski definition) is 4. The van der Waals surface area contributed by atoms with E-state index in [2.05, 4.69) is 9.88 Å². The van der Waals surface area contributed by atoms with Gasteiger partial charge in [-0.05, 0) is 30.7 Å². The van der Waals surface area contributed by atoms with Gasteiger partial charge in [-0.1, -0.05) is 31.2 Å². The number of anilines is 1. The zero-order valence-electron chi connectivity index (χ0n) is 14.0. The summed E-state index contributed by atoms with van der Waals surface area (Å²) in [5.41, 5.74) is 0. The van der Waals surface area contributed by atoms with Crippen LogP contribution in [0.5, 0.6) is 5.75 Å². The van der Waals surface area contributed by atoms with Crippen molar-refractivity contribution in [3.8, 4) is 5.75 Å². The summed E-state index contributed by atoms with van der Waals surface area (Å²) in [5.74, 6) is 1.78. The number of rotatable bonds is 5. The smallest absolute Gasteiger partial charge is 0.263 e. The summed E-state index contributed by atoms with van der Waals surface area (Å²) >= 11 is 0. The largest absolute Gasteiger partial charge is 0.481 e. The van der Waals surface area contributed by atoms with Crippen molar-refractivity contribution >= 4 is 11.7 Å². The van der Waals surface area contributed by atoms with E-state index in [1.54, 1.807) is 6.20 Å². The van der Waals surface area contributed by atoms with Crippen molar-refractivity contribution < 1.29 is 9.53 Å². The van der Waals surface area contributed by atoms with Gasteiger partial charge in [-0.25, -0.2) is 4.98 Å². The van der Waals surface area contributed by atoms with E-state index in [0.717, 1.165) is 24.7 Å². The molecule has 1 aliphatic rings. The van der Waals surface area contributed by atoms with Crippen LogP contribution in [0.1, 0.15) is 13.3 Å². The van der Waals surface area contributed by atoms with Crippen LogP contribution in [0.3, 0.4) is 0 Å². The molecule has 1 saturated heterocycles. The van der Waals surface area contributed by atoms with Crippen LogP contribution in [0.4, 0.5) is 5.82 Å². The molecular formula is C19H23N3O2. The van der Waals surface area contributed by atoms with Crippen molar-refractivity contribution in [2.45, 2.75) is 19.4 Å². The van der Waals surface area contributed by atoms with Crippen LogP contribution in [-0.4, -0.2) is 48.1 Å². The van der Waals surface area contributed by atoms with Gasteiger partial charge >= 0.3 is 0 Å². The molecule has 0 spiro atoms. The molecule has 1 aromatic heterocycles. The fourth-order valence-corrected chi connectivity index (χ4v) is 2.87. The minimum absolute atomic E-state index is 0.0713. The maximum Gasteiger partial charge on any atom is 0.263 e. The number of piperazine rings is 1. The van der Waals surface area contributed by atoms with Crippen molar-refractivity contribution in [3.63, 3.8) is 0 Å². The monoisotopic (exact) mass is 325 g/mol.